The summed E-state index contributed by atoms with van der Waals surface area (Å²) >= 11 is 30.7. The summed E-state index contributed by atoms with van der Waals surface area (Å²) in [5.74, 6) is -4.90. The number of amides is 11. The van der Waals surface area contributed by atoms with Gasteiger partial charge in [0.15, 0.2) is 0 Å². The van der Waals surface area contributed by atoms with Gasteiger partial charge in [0.05, 0.1) is 151 Å². The first-order valence-electron chi connectivity index (χ1n) is 39.0. The van der Waals surface area contributed by atoms with E-state index in [2.05, 4.69) is 207 Å². The first-order chi connectivity index (χ1) is 54.4. The van der Waals surface area contributed by atoms with Crippen LogP contribution >= 0.6 is 143 Å². The number of nitrogens with one attached hydrogen (secondary N) is 12. The van der Waals surface area contributed by atoms with Gasteiger partial charge in [0.2, 0.25) is 65.0 Å². The standard InChI is InChI=1S/C76H135Br9N12O22/c1-64(2,77)55(103)89-38-74(39-90-56(104)65(3,4)78,40-91-57(105)66(5,6)79)47-116-22-19-52(100)86-35-73(50-119-32-30-114-28-26-112-25-27-113-29-31-115-34-51(99)33-98,36-87-53(101)20-23-117-48-75(41-92-58(106)67(7,8)80,42-93-59(107)68(9,10)81)43-94-60(108)69(11,12)82)37-88-54(102)21-24-118-49-76(44-95-61(109)70(13,14)83,45-96-62(110)71(15,16)84)46-97-63(111)72(17,18)85/h51,55,89,98-99,103H,19-50H2,1-18H3,(H,86,100)(H,87,101)(H,88,102)(H,90,104)(H,91,105)(H,92,106)(H,93,107)(H,94,108)(H,95,109)(H,96,110)(H,97,111). The number of hydrogen-bond donors (Lipinski definition) is 15. The third kappa shape index (κ3) is 52.8. The van der Waals surface area contributed by atoms with Crippen molar-refractivity contribution >= 4 is 208 Å². The van der Waals surface area contributed by atoms with Crippen LogP contribution in [0.3, 0.4) is 0 Å². The highest BCUT2D eigenvalue weighted by molar-refractivity contribution is 9.11. The summed E-state index contributed by atoms with van der Waals surface area (Å²) in [6.07, 6.45) is -2.98. The van der Waals surface area contributed by atoms with Gasteiger partial charge in [-0.3, -0.25) is 58.1 Å². The number of alkyl halides is 9. The van der Waals surface area contributed by atoms with Crippen molar-refractivity contribution in [3.63, 3.8) is 0 Å². The fourth-order valence-electron chi connectivity index (χ4n) is 9.56. The Morgan fingerprint density at radius 2 is 0.437 bits per heavy atom. The SMILES string of the molecule is CC(C)(Br)C(=O)NCC(CNC(=O)C(C)(C)Br)(CNC(=O)C(C)(C)Br)COCCC(=O)NCC(CNC(=O)CCOCC(CNC(=O)C(C)(C)Br)(CNC(=O)C(C)(C)Br)CNC(=O)C(C)(C)Br)(CNC(=O)CCOCC(CNC(=O)C(C)(C)Br)(CNC(=O)C(C)(C)Br)CNC(O)C(C)(C)Br)COCCOCCOCCOCCOCC(O)CO. The minimum absolute atomic E-state index is 0.0165. The zero-order valence-electron chi connectivity index (χ0n) is 72.3. The third-order valence-electron chi connectivity index (χ3n) is 17.7. The number of aliphatic hydroxyl groups excluding tert-OH is 3. The molecule has 0 aromatic carbocycles. The van der Waals surface area contributed by atoms with Crippen LogP contribution in [0.5, 0.6) is 0 Å². The van der Waals surface area contributed by atoms with E-state index in [-0.39, 0.29) is 215 Å². The van der Waals surface area contributed by atoms with Gasteiger partial charge in [-0.25, -0.2) is 0 Å². The summed E-state index contributed by atoms with van der Waals surface area (Å²) in [5, 5.41) is 64.9. The molecule has 0 fully saturated rings. The van der Waals surface area contributed by atoms with Crippen LogP contribution in [-0.2, 0) is 90.6 Å². The second-order valence-electron chi connectivity index (χ2n) is 34.1. The molecule has 0 aliphatic rings. The molecule has 694 valence electrons. The second-order valence-corrected chi connectivity index (χ2v) is 52.0. The molecule has 11 amide bonds. The van der Waals surface area contributed by atoms with Gasteiger partial charge in [0.1, 0.15) is 12.3 Å². The number of aliphatic hydroxyl groups is 3. The molecule has 0 saturated heterocycles. The monoisotopic (exact) mass is 2280 g/mol. The summed E-state index contributed by atoms with van der Waals surface area (Å²) in [7, 11) is 0. The highest BCUT2D eigenvalue weighted by Crippen LogP contribution is 2.29. The highest BCUT2D eigenvalue weighted by Gasteiger charge is 2.43. The quantitative estimate of drug-likeness (QED) is 0.0229. The second kappa shape index (κ2) is 55.0. The van der Waals surface area contributed by atoms with Crippen LogP contribution in [0.2, 0.25) is 0 Å². The first kappa shape index (κ1) is 117. The van der Waals surface area contributed by atoms with Crippen molar-refractivity contribution < 1.29 is 106 Å². The molecule has 0 spiro atoms. The lowest BCUT2D eigenvalue weighted by molar-refractivity contribution is -0.126. The summed E-state index contributed by atoms with van der Waals surface area (Å²) < 4.78 is 38.4. The van der Waals surface area contributed by atoms with Gasteiger partial charge in [-0.05, 0) is 125 Å². The minimum atomic E-state index is -1.40. The zero-order valence-corrected chi connectivity index (χ0v) is 86.6. The Morgan fingerprint density at radius 1 is 0.261 bits per heavy atom. The Labute approximate surface area is 779 Å². The molecule has 0 aromatic rings. The molecule has 0 radical (unpaired) electrons. The lowest BCUT2D eigenvalue weighted by Gasteiger charge is -2.37. The maximum atomic E-state index is 14.4. The van der Waals surface area contributed by atoms with E-state index >= 15 is 0 Å². The van der Waals surface area contributed by atoms with E-state index < -0.39 is 133 Å². The first-order valence-corrected chi connectivity index (χ1v) is 46.1. The lowest BCUT2D eigenvalue weighted by Crippen LogP contribution is -2.58. The van der Waals surface area contributed by atoms with Crippen LogP contribution in [0.25, 0.3) is 0 Å². The maximum Gasteiger partial charge on any atom is 0.236 e. The normalized spacial score (nSPS) is 13.6. The Balaban J connectivity index is 7.92. The summed E-state index contributed by atoms with van der Waals surface area (Å²) in [6, 6.07) is 0. The summed E-state index contributed by atoms with van der Waals surface area (Å²) in [5.41, 5.74) is -4.98. The van der Waals surface area contributed by atoms with Gasteiger partial charge in [-0.1, -0.05) is 143 Å². The Kier molecular flexibility index (Phi) is 54.1. The topological polar surface area (TPSA) is 467 Å². The summed E-state index contributed by atoms with van der Waals surface area (Å²) in [6.45, 7) is 27.4. The average Bonchev–Trinajstić information content (AvgIpc) is 0.843. The molecular weight excluding hydrogens is 2150 g/mol. The Morgan fingerprint density at radius 3 is 0.630 bits per heavy atom. The number of rotatable bonds is 66. The molecule has 0 aromatic heterocycles. The van der Waals surface area contributed by atoms with Crippen LogP contribution in [0.15, 0.2) is 0 Å². The summed E-state index contributed by atoms with van der Waals surface area (Å²) in [4.78, 5) is 150. The molecular formula is C76H135Br9N12O22. The molecule has 34 nitrogen and oxygen atoms in total. The van der Waals surface area contributed by atoms with Gasteiger partial charge in [0, 0.05) is 119 Å². The highest BCUT2D eigenvalue weighted by atomic mass is 79.9. The average molecular weight is 2290 g/mol. The molecule has 0 rings (SSSR count). The van der Waals surface area contributed by atoms with Gasteiger partial charge < -0.3 is 112 Å². The van der Waals surface area contributed by atoms with E-state index in [4.69, 9.17) is 43.0 Å². The predicted molar refractivity (Wildman–Crippen MR) is 487 cm³/mol. The number of ether oxygens (including phenoxy) is 8. The van der Waals surface area contributed by atoms with Crippen LogP contribution in [0.4, 0.5) is 0 Å². The van der Waals surface area contributed by atoms with Gasteiger partial charge >= 0.3 is 0 Å². The van der Waals surface area contributed by atoms with Crippen LogP contribution in [0, 0.1) is 21.7 Å². The molecule has 2 atom stereocenters. The van der Waals surface area contributed by atoms with E-state index in [9.17, 15) is 63.0 Å². The number of halogens is 9. The van der Waals surface area contributed by atoms with Crippen molar-refractivity contribution in [3.05, 3.63) is 0 Å². The van der Waals surface area contributed by atoms with Crippen molar-refractivity contribution in [2.24, 2.45) is 21.7 Å². The Bertz CT molecular complexity index is 2830. The molecule has 0 saturated carbocycles. The molecule has 43 heteroatoms. The molecule has 0 heterocycles. The van der Waals surface area contributed by atoms with Crippen molar-refractivity contribution in [2.75, 3.05) is 191 Å². The van der Waals surface area contributed by atoms with E-state index in [0.29, 0.717) is 0 Å². The smallest absolute Gasteiger partial charge is 0.236 e. The van der Waals surface area contributed by atoms with Gasteiger partial charge in [0.25, 0.3) is 0 Å². The molecule has 119 heavy (non-hydrogen) atoms. The van der Waals surface area contributed by atoms with Crippen LogP contribution in [0.1, 0.15) is 144 Å². The Hall–Kier alpha value is -1.99. The van der Waals surface area contributed by atoms with Crippen LogP contribution < -0.4 is 63.8 Å². The minimum Gasteiger partial charge on any atom is -0.394 e. The van der Waals surface area contributed by atoms with Crippen molar-refractivity contribution in [1.82, 2.24) is 63.8 Å². The lowest BCUT2D eigenvalue weighted by atomic mass is 9.87. The largest absolute Gasteiger partial charge is 0.394 e. The van der Waals surface area contributed by atoms with E-state index in [1.54, 1.807) is 125 Å². The van der Waals surface area contributed by atoms with E-state index in [1.807, 2.05) is 0 Å². The molecule has 0 aliphatic heterocycles. The number of carbonyl (C=O) groups is 11. The van der Waals surface area contributed by atoms with Gasteiger partial charge in [-0.2, -0.15) is 0 Å². The maximum absolute atomic E-state index is 14.4. The van der Waals surface area contributed by atoms with Gasteiger partial charge in [-0.15, -0.1) is 0 Å². The fourth-order valence-corrected chi connectivity index (χ4v) is 10.8. The fraction of sp³-hybridized carbons (Fsp3) is 0.855. The van der Waals surface area contributed by atoms with Crippen LogP contribution in [-0.4, -0.2) is 322 Å². The van der Waals surface area contributed by atoms with E-state index in [0.717, 1.165) is 0 Å². The van der Waals surface area contributed by atoms with Crippen molar-refractivity contribution in [2.45, 2.75) is 195 Å². The molecule has 0 aliphatic carbocycles. The molecule has 0 bridgehead atoms. The number of carbonyl (C=O) groups excluding carboxylic acids is 11. The number of hydrogen-bond acceptors (Lipinski definition) is 23. The van der Waals surface area contributed by atoms with E-state index in [1.165, 1.54) is 0 Å². The third-order valence-corrected chi connectivity index (χ3v) is 21.0. The molecule has 2 unspecified atom stereocenters. The van der Waals surface area contributed by atoms with Crippen molar-refractivity contribution in [1.29, 1.82) is 0 Å². The predicted octanol–water partition coefficient (Wildman–Crippen LogP) is 4.34. The van der Waals surface area contributed by atoms with Crippen molar-refractivity contribution in [3.8, 4) is 0 Å². The zero-order chi connectivity index (χ0) is 91.8. The molecule has 15 N–H and O–H groups in total.